The Morgan fingerprint density at radius 2 is 1.71 bits per heavy atom. The van der Waals surface area contributed by atoms with E-state index in [1.165, 1.54) is 34.8 Å². The van der Waals surface area contributed by atoms with Gasteiger partial charge in [0.05, 0.1) is 16.8 Å². The Hall–Kier alpha value is -2.17. The van der Waals surface area contributed by atoms with E-state index in [0.29, 0.717) is 33.6 Å². The fourth-order valence-corrected chi connectivity index (χ4v) is 7.66. The number of carbonyl (C=O) groups excluding carboxylic acids is 1. The van der Waals surface area contributed by atoms with Gasteiger partial charge in [0.25, 0.3) is 0 Å². The van der Waals surface area contributed by atoms with Crippen molar-refractivity contribution >= 4 is 28.6 Å². The molecule has 0 saturated carbocycles. The topological polar surface area (TPSA) is 59.1 Å². The molecule has 0 aliphatic carbocycles. The monoisotopic (exact) mass is 504 g/mol. The van der Waals surface area contributed by atoms with Crippen molar-refractivity contribution in [2.45, 2.75) is 55.4 Å². The van der Waals surface area contributed by atoms with E-state index in [0.717, 1.165) is 5.56 Å². The van der Waals surface area contributed by atoms with Crippen LogP contribution in [0.25, 0.3) is 0 Å². The van der Waals surface area contributed by atoms with Crippen LogP contribution in [0.1, 0.15) is 28.2 Å². The van der Waals surface area contributed by atoms with Gasteiger partial charge in [-0.05, 0) is 35.0 Å². The van der Waals surface area contributed by atoms with Gasteiger partial charge in [-0.3, -0.25) is 0 Å². The first-order valence-electron chi connectivity index (χ1n) is 11.3. The number of fused-ring (bicyclic) bond motifs is 5. The predicted molar refractivity (Wildman–Crippen MR) is 123 cm³/mol. The number of epoxide rings is 1. The highest BCUT2D eigenvalue weighted by Crippen LogP contribution is 2.53. The largest absolute Gasteiger partial charge is 0.459 e. The zero-order valence-corrected chi connectivity index (χ0v) is 20.0. The third-order valence-electron chi connectivity index (χ3n) is 7.68. The maximum Gasteiger partial charge on any atom is 0.349 e. The molecule has 3 aromatic rings. The van der Waals surface area contributed by atoms with Crippen LogP contribution in [0.5, 0.6) is 0 Å². The number of aliphatic hydroxyl groups is 1. The van der Waals surface area contributed by atoms with Crippen LogP contribution < -0.4 is 0 Å². The zero-order chi connectivity index (χ0) is 23.7. The van der Waals surface area contributed by atoms with E-state index in [9.17, 15) is 18.7 Å². The van der Waals surface area contributed by atoms with Gasteiger partial charge >= 0.3 is 5.97 Å². The Morgan fingerprint density at radius 1 is 1.09 bits per heavy atom. The maximum absolute atomic E-state index is 13.8. The number of hydrogen-bond acceptors (Lipinski definition) is 6. The molecule has 178 valence electrons. The van der Waals surface area contributed by atoms with Crippen molar-refractivity contribution in [2.75, 3.05) is 7.05 Å². The van der Waals surface area contributed by atoms with Gasteiger partial charge in [-0.1, -0.05) is 18.2 Å². The fourth-order valence-electron chi connectivity index (χ4n) is 5.95. The molecule has 34 heavy (non-hydrogen) atoms. The second kappa shape index (κ2) is 7.93. The predicted octanol–water partition coefficient (Wildman–Crippen LogP) is 4.19. The molecule has 3 saturated heterocycles. The van der Waals surface area contributed by atoms with Gasteiger partial charge in [0.2, 0.25) is 5.60 Å². The molecular weight excluding hydrogens is 480 g/mol. The van der Waals surface area contributed by atoms with Crippen molar-refractivity contribution < 1.29 is 32.6 Å². The lowest BCUT2D eigenvalue weighted by atomic mass is 9.93. The highest BCUT2D eigenvalue weighted by molar-refractivity contribution is 7.12. The quantitative estimate of drug-likeness (QED) is 0.311. The molecule has 4 unspecified atom stereocenters. The normalized spacial score (nSPS) is 31.8. The third-order valence-corrected chi connectivity index (χ3v) is 9.63. The van der Waals surface area contributed by atoms with Crippen LogP contribution in [0.4, 0.5) is 8.78 Å². The lowest BCUT2D eigenvalue weighted by Gasteiger charge is -2.48. The van der Waals surface area contributed by atoms with Crippen LogP contribution in [-0.2, 0) is 26.4 Å². The van der Waals surface area contributed by atoms with Gasteiger partial charge < -0.3 is 19.1 Å². The lowest BCUT2D eigenvalue weighted by Crippen LogP contribution is -2.62. The van der Waals surface area contributed by atoms with E-state index in [4.69, 9.17) is 9.47 Å². The van der Waals surface area contributed by atoms with Crippen molar-refractivity contribution in [3.8, 4) is 0 Å². The molecule has 3 fully saturated rings. The first-order valence-corrected chi connectivity index (χ1v) is 13.0. The number of carbonyl (C=O) groups is 1. The number of esters is 1. The molecule has 0 radical (unpaired) electrons. The lowest BCUT2D eigenvalue weighted by molar-refractivity contribution is -0.968. The molecule has 5 heterocycles. The Labute approximate surface area is 203 Å². The number of ether oxygens (including phenoxy) is 2. The highest BCUT2D eigenvalue weighted by atomic mass is 32.1. The molecule has 9 heteroatoms. The summed E-state index contributed by atoms with van der Waals surface area (Å²) in [6.45, 7) is 0.553. The van der Waals surface area contributed by atoms with Crippen LogP contribution >= 0.6 is 22.7 Å². The van der Waals surface area contributed by atoms with E-state index < -0.39 is 23.2 Å². The summed E-state index contributed by atoms with van der Waals surface area (Å²) in [5, 5.41) is 15.2. The number of nitrogens with zero attached hydrogens (tertiary/aromatic N) is 1. The number of benzene rings is 1. The molecule has 2 bridgehead atoms. The van der Waals surface area contributed by atoms with Gasteiger partial charge in [-0.25, -0.2) is 13.6 Å². The minimum Gasteiger partial charge on any atom is -0.459 e. The average molecular weight is 505 g/mol. The van der Waals surface area contributed by atoms with Crippen LogP contribution in [0.3, 0.4) is 0 Å². The molecule has 0 amide bonds. The van der Waals surface area contributed by atoms with Gasteiger partial charge in [0.1, 0.15) is 36.9 Å². The molecule has 3 aliphatic rings. The molecular formula is C25H24F2NO4S2+. The second-order valence-electron chi connectivity index (χ2n) is 9.62. The van der Waals surface area contributed by atoms with E-state index in [-0.39, 0.29) is 30.4 Å². The summed E-state index contributed by atoms with van der Waals surface area (Å²) in [4.78, 5) is 14.5. The Bertz CT molecular complexity index is 1160. The van der Waals surface area contributed by atoms with Crippen molar-refractivity contribution in [2.24, 2.45) is 0 Å². The number of likely N-dealkylation sites (N-methyl/N-ethyl adjacent to an activating group) is 1. The van der Waals surface area contributed by atoms with Crippen molar-refractivity contribution in [3.63, 3.8) is 0 Å². The Morgan fingerprint density at radius 3 is 2.24 bits per heavy atom. The zero-order valence-electron chi connectivity index (χ0n) is 18.4. The smallest absolute Gasteiger partial charge is 0.349 e. The first kappa shape index (κ1) is 22.3. The van der Waals surface area contributed by atoms with Crippen LogP contribution in [0, 0.1) is 11.6 Å². The number of quaternary nitrogens is 1. The molecule has 4 atom stereocenters. The van der Waals surface area contributed by atoms with E-state index in [1.54, 1.807) is 30.3 Å². The molecule has 2 aromatic heterocycles. The molecule has 6 rings (SSSR count). The number of morpholine rings is 1. The average Bonchev–Trinajstić information content (AvgIpc) is 3.16. The van der Waals surface area contributed by atoms with Crippen LogP contribution in [0.15, 0.2) is 53.2 Å². The van der Waals surface area contributed by atoms with Gasteiger partial charge in [0, 0.05) is 18.4 Å². The fraction of sp³-hybridized carbons (Fsp3) is 0.400. The van der Waals surface area contributed by atoms with E-state index in [2.05, 4.69) is 7.05 Å². The molecule has 1 aromatic carbocycles. The van der Waals surface area contributed by atoms with Gasteiger partial charge in [0.15, 0.2) is 11.6 Å². The Balaban J connectivity index is 1.22. The summed E-state index contributed by atoms with van der Waals surface area (Å²) in [7, 11) is 2.12. The SMILES string of the molecule is C[N+]1(Cc2ccc(F)c(F)c2)C2CC(OC(=O)C(O)(c3cccs3)c3cccs3)CC1C1OC12. The Kier molecular flexibility index (Phi) is 5.20. The third kappa shape index (κ3) is 3.37. The first-order chi connectivity index (χ1) is 16.3. The van der Waals surface area contributed by atoms with Crippen LogP contribution in [-0.4, -0.2) is 53.0 Å². The number of piperidine rings is 1. The van der Waals surface area contributed by atoms with Gasteiger partial charge in [-0.2, -0.15) is 0 Å². The molecule has 0 spiro atoms. The summed E-state index contributed by atoms with van der Waals surface area (Å²) in [5.74, 6) is -2.36. The molecule has 3 aliphatic heterocycles. The van der Waals surface area contributed by atoms with Crippen molar-refractivity contribution in [1.82, 2.24) is 0 Å². The number of hydrogen-bond donors (Lipinski definition) is 1. The minimum absolute atomic E-state index is 0.0752. The summed E-state index contributed by atoms with van der Waals surface area (Å²) in [6.07, 6.45) is 1.000. The summed E-state index contributed by atoms with van der Waals surface area (Å²) in [6, 6.07) is 11.3. The highest BCUT2D eigenvalue weighted by Gasteiger charge is 2.72. The second-order valence-corrected chi connectivity index (χ2v) is 11.5. The number of thiophene rings is 2. The summed E-state index contributed by atoms with van der Waals surface area (Å²) < 4.78 is 39.8. The maximum atomic E-state index is 13.8. The van der Waals surface area contributed by atoms with E-state index in [1.807, 2.05) is 10.8 Å². The van der Waals surface area contributed by atoms with Gasteiger partial charge in [-0.15, -0.1) is 22.7 Å². The standard InChI is InChI=1S/C25H24F2NO4S2/c1-28(13-14-6-7-16(26)17(27)10-14)18-11-15(12-19(28)23-22(18)32-23)31-24(29)25(30,20-4-2-8-33-20)21-5-3-9-34-21/h2-10,15,18-19,22-23,30H,11-13H2,1H3/q+1. The minimum atomic E-state index is -1.83. The number of rotatable bonds is 6. The summed E-state index contributed by atoms with van der Waals surface area (Å²) >= 11 is 2.64. The van der Waals surface area contributed by atoms with E-state index >= 15 is 0 Å². The van der Waals surface area contributed by atoms with Crippen molar-refractivity contribution in [1.29, 1.82) is 0 Å². The molecule has 1 N–H and O–H groups in total. The summed E-state index contributed by atoms with van der Waals surface area (Å²) in [5.41, 5.74) is -1.10. The molecule has 5 nitrogen and oxygen atoms in total. The van der Waals surface area contributed by atoms with Crippen LogP contribution in [0.2, 0.25) is 0 Å². The number of halogens is 2. The van der Waals surface area contributed by atoms with Crippen molar-refractivity contribution in [3.05, 3.63) is 80.2 Å².